The fourth-order valence-corrected chi connectivity index (χ4v) is 2.71. The molecule has 1 aromatic carbocycles. The summed E-state index contributed by atoms with van der Waals surface area (Å²) in [5.74, 6) is -0.148. The minimum absolute atomic E-state index is 0.153. The molecule has 1 atom stereocenters. The summed E-state index contributed by atoms with van der Waals surface area (Å²) < 4.78 is 5.12. The van der Waals surface area contributed by atoms with E-state index in [0.717, 1.165) is 11.3 Å². The summed E-state index contributed by atoms with van der Waals surface area (Å²) in [4.78, 5) is 25.3. The zero-order valence-corrected chi connectivity index (χ0v) is 16.8. The molecular weight excluding hydrogens is 379 g/mol. The third kappa shape index (κ3) is 8.15. The number of anilines is 1. The number of hydrogen-bond acceptors (Lipinski definition) is 4. The van der Waals surface area contributed by atoms with Crippen LogP contribution in [0.5, 0.6) is 0 Å². The van der Waals surface area contributed by atoms with Crippen LogP contribution in [0, 0.1) is 0 Å². The van der Waals surface area contributed by atoms with E-state index in [1.165, 1.54) is 0 Å². The van der Waals surface area contributed by atoms with Crippen LogP contribution in [0.15, 0.2) is 24.3 Å². The van der Waals surface area contributed by atoms with Gasteiger partial charge in [-0.2, -0.15) is 0 Å². The molecule has 1 aromatic rings. The summed E-state index contributed by atoms with van der Waals surface area (Å²) in [6.07, 6.45) is -0.600. The monoisotopic (exact) mass is 404 g/mol. The number of carbonyl (C=O) groups is 2. The van der Waals surface area contributed by atoms with Crippen molar-refractivity contribution >= 4 is 41.0 Å². The van der Waals surface area contributed by atoms with Gasteiger partial charge in [-0.3, -0.25) is 0 Å². The lowest BCUT2D eigenvalue weighted by atomic mass is 10.1. The van der Waals surface area contributed by atoms with Gasteiger partial charge in [-0.25, -0.2) is 9.59 Å². The fourth-order valence-electron chi connectivity index (χ4n) is 2.30. The quantitative estimate of drug-likeness (QED) is 0.615. The average Bonchev–Trinajstić information content (AvgIpc) is 2.53. The Morgan fingerprint density at radius 3 is 2.12 bits per heavy atom. The van der Waals surface area contributed by atoms with E-state index >= 15 is 0 Å². The van der Waals surface area contributed by atoms with E-state index in [4.69, 9.17) is 27.9 Å². The van der Waals surface area contributed by atoms with Gasteiger partial charge in [0.05, 0.1) is 0 Å². The Hall–Kier alpha value is -1.66. The minimum Gasteiger partial charge on any atom is -0.480 e. The van der Waals surface area contributed by atoms with Crippen LogP contribution in [0.25, 0.3) is 0 Å². The zero-order valence-electron chi connectivity index (χ0n) is 15.3. The first-order valence-corrected chi connectivity index (χ1v) is 9.41. The van der Waals surface area contributed by atoms with Crippen LogP contribution >= 0.6 is 23.2 Å². The van der Waals surface area contributed by atoms with Crippen molar-refractivity contribution in [3.05, 3.63) is 29.8 Å². The van der Waals surface area contributed by atoms with Gasteiger partial charge >= 0.3 is 12.1 Å². The smallest absolute Gasteiger partial charge is 0.408 e. The van der Waals surface area contributed by atoms with Gasteiger partial charge in [-0.05, 0) is 38.5 Å². The number of aliphatic carboxylic acids is 1. The number of carboxylic acid groups (broad SMARTS) is 1. The van der Waals surface area contributed by atoms with Crippen molar-refractivity contribution in [3.8, 4) is 0 Å². The molecule has 0 bridgehead atoms. The average molecular weight is 405 g/mol. The summed E-state index contributed by atoms with van der Waals surface area (Å²) in [5.41, 5.74) is 1.05. The van der Waals surface area contributed by atoms with E-state index in [1.54, 1.807) is 20.8 Å². The molecule has 1 rings (SSSR count). The number of benzene rings is 1. The molecule has 6 nitrogen and oxygen atoms in total. The number of alkyl halides is 2. The van der Waals surface area contributed by atoms with Crippen LogP contribution in [0.3, 0.4) is 0 Å². The number of carboxylic acids is 1. The number of carbonyl (C=O) groups excluding carboxylic acids is 1. The SMILES string of the molecule is CC(C)(C)OC(=O)N[C@H](Cc1ccc(N(CCCl)CCCl)cc1)C(=O)O. The number of rotatable bonds is 9. The molecule has 0 aliphatic heterocycles. The van der Waals surface area contributed by atoms with Crippen LogP contribution < -0.4 is 10.2 Å². The maximum absolute atomic E-state index is 11.8. The molecule has 1 amide bonds. The number of alkyl carbamates (subject to hydrolysis) is 1. The lowest BCUT2D eigenvalue weighted by Crippen LogP contribution is -2.44. The Balaban J connectivity index is 2.77. The predicted octanol–water partition coefficient (Wildman–Crippen LogP) is 3.49. The first-order chi connectivity index (χ1) is 12.2. The topological polar surface area (TPSA) is 78.9 Å². The molecule has 0 unspecified atom stereocenters. The Morgan fingerprint density at radius 1 is 1.15 bits per heavy atom. The van der Waals surface area contributed by atoms with Crippen LogP contribution in [-0.4, -0.2) is 53.7 Å². The summed E-state index contributed by atoms with van der Waals surface area (Å²) >= 11 is 11.6. The van der Waals surface area contributed by atoms with Crippen molar-refractivity contribution in [1.82, 2.24) is 5.32 Å². The fraction of sp³-hybridized carbons (Fsp3) is 0.556. The van der Waals surface area contributed by atoms with E-state index in [-0.39, 0.29) is 6.42 Å². The highest BCUT2D eigenvalue weighted by molar-refractivity contribution is 6.18. The van der Waals surface area contributed by atoms with Crippen LogP contribution in [0.2, 0.25) is 0 Å². The standard InChI is InChI=1S/C18H26Cl2N2O4/c1-18(2,3)26-17(25)21-15(16(23)24)12-13-4-6-14(7-5-13)22(10-8-19)11-9-20/h4-7,15H,8-12H2,1-3H3,(H,21,25)(H,23,24)/t15-/m1/s1. The molecule has 0 saturated carbocycles. The normalized spacial score (nSPS) is 12.3. The Bertz CT molecular complexity index is 582. The molecule has 0 fully saturated rings. The molecule has 2 N–H and O–H groups in total. The van der Waals surface area contributed by atoms with Crippen LogP contribution in [0.4, 0.5) is 10.5 Å². The molecule has 146 valence electrons. The maximum Gasteiger partial charge on any atom is 0.408 e. The van der Waals surface area contributed by atoms with Gasteiger partial charge in [0.1, 0.15) is 11.6 Å². The third-order valence-electron chi connectivity index (χ3n) is 3.44. The summed E-state index contributed by atoms with van der Waals surface area (Å²) in [6.45, 7) is 6.49. The van der Waals surface area contributed by atoms with E-state index in [0.29, 0.717) is 24.8 Å². The van der Waals surface area contributed by atoms with Crippen LogP contribution in [-0.2, 0) is 16.0 Å². The van der Waals surface area contributed by atoms with E-state index in [9.17, 15) is 14.7 Å². The summed E-state index contributed by atoms with van der Waals surface area (Å²) in [6, 6.07) is 6.37. The number of ether oxygens (including phenoxy) is 1. The second-order valence-corrected chi connectivity index (χ2v) is 7.53. The lowest BCUT2D eigenvalue weighted by molar-refractivity contribution is -0.139. The Labute approximate surface area is 164 Å². The van der Waals surface area contributed by atoms with Gasteiger partial charge in [0.2, 0.25) is 0 Å². The highest BCUT2D eigenvalue weighted by atomic mass is 35.5. The van der Waals surface area contributed by atoms with Gasteiger partial charge in [0, 0.05) is 37.0 Å². The first-order valence-electron chi connectivity index (χ1n) is 8.34. The predicted molar refractivity (Wildman–Crippen MR) is 105 cm³/mol. The van der Waals surface area contributed by atoms with E-state index in [2.05, 4.69) is 10.2 Å². The molecule has 0 spiro atoms. The lowest BCUT2D eigenvalue weighted by Gasteiger charge is -2.23. The van der Waals surface area contributed by atoms with Crippen molar-refractivity contribution in [1.29, 1.82) is 0 Å². The molecular formula is C18H26Cl2N2O4. The molecule has 0 radical (unpaired) electrons. The zero-order chi connectivity index (χ0) is 19.7. The highest BCUT2D eigenvalue weighted by Gasteiger charge is 2.24. The molecule has 0 aliphatic carbocycles. The molecule has 0 aromatic heterocycles. The number of nitrogens with zero attached hydrogens (tertiary/aromatic N) is 1. The molecule has 0 aliphatic rings. The number of amides is 1. The largest absolute Gasteiger partial charge is 0.480 e. The number of halogens is 2. The third-order valence-corrected chi connectivity index (χ3v) is 3.78. The van der Waals surface area contributed by atoms with E-state index in [1.807, 2.05) is 24.3 Å². The Morgan fingerprint density at radius 2 is 1.69 bits per heavy atom. The van der Waals surface area contributed by atoms with E-state index < -0.39 is 23.7 Å². The second kappa shape index (κ2) is 10.5. The van der Waals surface area contributed by atoms with Crippen molar-refractivity contribution in [3.63, 3.8) is 0 Å². The van der Waals surface area contributed by atoms with Crippen molar-refractivity contribution in [2.75, 3.05) is 29.7 Å². The van der Waals surface area contributed by atoms with Gasteiger partial charge < -0.3 is 20.1 Å². The van der Waals surface area contributed by atoms with Crippen molar-refractivity contribution < 1.29 is 19.4 Å². The molecule has 0 saturated heterocycles. The van der Waals surface area contributed by atoms with Crippen molar-refractivity contribution in [2.24, 2.45) is 0 Å². The minimum atomic E-state index is -1.12. The van der Waals surface area contributed by atoms with Gasteiger partial charge in [-0.1, -0.05) is 12.1 Å². The summed E-state index contributed by atoms with van der Waals surface area (Å²) in [5, 5.41) is 11.8. The molecule has 26 heavy (non-hydrogen) atoms. The second-order valence-electron chi connectivity index (χ2n) is 6.77. The highest BCUT2D eigenvalue weighted by Crippen LogP contribution is 2.17. The Kier molecular flexibility index (Phi) is 9.02. The maximum atomic E-state index is 11.8. The molecule has 0 heterocycles. The number of nitrogens with one attached hydrogen (secondary N) is 1. The van der Waals surface area contributed by atoms with Gasteiger partial charge in [-0.15, -0.1) is 23.2 Å². The molecule has 8 heteroatoms. The van der Waals surface area contributed by atoms with Gasteiger partial charge in [0.25, 0.3) is 0 Å². The number of hydrogen-bond donors (Lipinski definition) is 2. The van der Waals surface area contributed by atoms with Gasteiger partial charge in [0.15, 0.2) is 0 Å². The van der Waals surface area contributed by atoms with Crippen molar-refractivity contribution in [2.45, 2.75) is 38.8 Å². The summed E-state index contributed by atoms with van der Waals surface area (Å²) in [7, 11) is 0. The first kappa shape index (κ1) is 22.4. The van der Waals surface area contributed by atoms with Crippen LogP contribution in [0.1, 0.15) is 26.3 Å².